The first-order valence-electron chi connectivity index (χ1n) is 9.22. The summed E-state index contributed by atoms with van der Waals surface area (Å²) < 4.78 is 23.1. The second kappa shape index (κ2) is 7.11. The third-order valence-corrected chi connectivity index (χ3v) is 7.27. The van der Waals surface area contributed by atoms with Crippen molar-refractivity contribution in [3.63, 3.8) is 0 Å². The Morgan fingerprint density at radius 1 is 1.25 bits per heavy atom. The number of hydrogen-bond donors (Lipinski definition) is 0. The Hall–Kier alpha value is -1.44. The van der Waals surface area contributed by atoms with Crippen molar-refractivity contribution in [2.45, 2.75) is 38.5 Å². The molecule has 2 aliphatic rings. The lowest BCUT2D eigenvalue weighted by atomic mass is 9.99. The maximum absolute atomic E-state index is 15.0. The van der Waals surface area contributed by atoms with E-state index in [1.165, 1.54) is 11.6 Å². The summed E-state index contributed by atoms with van der Waals surface area (Å²) >= 11 is 8.65. The summed E-state index contributed by atoms with van der Waals surface area (Å²) in [5.41, 5.74) is 2.92. The average Bonchev–Trinajstić information content (AvgIpc) is 3.24. The van der Waals surface area contributed by atoms with Gasteiger partial charge in [-0.25, -0.2) is 9.37 Å². The summed E-state index contributed by atoms with van der Waals surface area (Å²) in [5.74, 6) is 0.371. The van der Waals surface area contributed by atoms with Gasteiger partial charge in [-0.2, -0.15) is 0 Å². The summed E-state index contributed by atoms with van der Waals surface area (Å²) in [6, 6.07) is 9.53. The van der Waals surface area contributed by atoms with Crippen LogP contribution in [0.1, 0.15) is 46.6 Å². The third kappa shape index (κ3) is 2.99. The van der Waals surface area contributed by atoms with Gasteiger partial charge >= 0.3 is 0 Å². The molecule has 0 saturated carbocycles. The van der Waals surface area contributed by atoms with Crippen molar-refractivity contribution in [1.82, 2.24) is 4.98 Å². The van der Waals surface area contributed by atoms with Gasteiger partial charge < -0.3 is 9.64 Å². The standard InChI is InChI=1S/C21H17Br2FN2OS/c1-2-3-19-25-10-18(28-19)21-26-15-5-4-12(22)6-11(15)7-16(26)20-14(24)8-13(23)9-17(20)27-21/h4-6,8-10,16,21H,2-3,7H2,1H3. The molecule has 2 atom stereocenters. The molecule has 3 heterocycles. The molecular formula is C21H17Br2FN2OS. The lowest BCUT2D eigenvalue weighted by molar-refractivity contribution is 0.167. The molecule has 2 unspecified atom stereocenters. The van der Waals surface area contributed by atoms with Crippen LogP contribution in [-0.4, -0.2) is 4.98 Å². The van der Waals surface area contributed by atoms with Crippen LogP contribution in [0.15, 0.2) is 45.5 Å². The van der Waals surface area contributed by atoms with Crippen molar-refractivity contribution in [3.05, 3.63) is 72.3 Å². The zero-order chi connectivity index (χ0) is 19.4. The quantitative estimate of drug-likeness (QED) is 0.371. The predicted octanol–water partition coefficient (Wildman–Crippen LogP) is 6.95. The first-order valence-corrected chi connectivity index (χ1v) is 11.6. The highest BCUT2D eigenvalue weighted by atomic mass is 79.9. The van der Waals surface area contributed by atoms with Crippen molar-refractivity contribution in [3.8, 4) is 5.75 Å². The number of rotatable bonds is 3. The molecule has 7 heteroatoms. The van der Waals surface area contributed by atoms with E-state index in [0.29, 0.717) is 15.8 Å². The molecule has 0 bridgehead atoms. The van der Waals surface area contributed by atoms with Gasteiger partial charge in [0.1, 0.15) is 11.6 Å². The van der Waals surface area contributed by atoms with E-state index in [2.05, 4.69) is 60.8 Å². The van der Waals surface area contributed by atoms with Gasteiger partial charge in [0.05, 0.1) is 21.5 Å². The van der Waals surface area contributed by atoms with Gasteiger partial charge in [0.15, 0.2) is 0 Å². The Balaban J connectivity index is 1.66. The number of halogens is 3. The number of fused-ring (bicyclic) bond motifs is 5. The van der Waals surface area contributed by atoms with Gasteiger partial charge in [-0.15, -0.1) is 11.3 Å². The monoisotopic (exact) mass is 522 g/mol. The maximum atomic E-state index is 15.0. The zero-order valence-corrected chi connectivity index (χ0v) is 19.1. The summed E-state index contributed by atoms with van der Waals surface area (Å²) in [6.45, 7) is 2.15. The van der Waals surface area contributed by atoms with Crippen LogP contribution in [-0.2, 0) is 12.8 Å². The number of ether oxygens (including phenoxy) is 1. The van der Waals surface area contributed by atoms with Crippen LogP contribution < -0.4 is 9.64 Å². The fraction of sp³-hybridized carbons (Fsp3) is 0.286. The molecule has 0 radical (unpaired) electrons. The van der Waals surface area contributed by atoms with Crippen molar-refractivity contribution in [2.75, 3.05) is 4.90 Å². The Morgan fingerprint density at radius 2 is 2.11 bits per heavy atom. The highest BCUT2D eigenvalue weighted by Gasteiger charge is 2.44. The van der Waals surface area contributed by atoms with E-state index in [9.17, 15) is 4.39 Å². The predicted molar refractivity (Wildman–Crippen MR) is 117 cm³/mol. The molecule has 0 amide bonds. The lowest BCUT2D eigenvalue weighted by Gasteiger charge is -2.40. The van der Waals surface area contributed by atoms with E-state index in [1.807, 2.05) is 18.3 Å². The zero-order valence-electron chi connectivity index (χ0n) is 15.1. The van der Waals surface area contributed by atoms with Crippen LogP contribution in [0.5, 0.6) is 5.75 Å². The fourth-order valence-corrected chi connectivity index (χ4v) is 5.97. The topological polar surface area (TPSA) is 25.4 Å². The van der Waals surface area contributed by atoms with Crippen LogP contribution in [0.3, 0.4) is 0 Å². The molecule has 144 valence electrons. The van der Waals surface area contributed by atoms with Gasteiger partial charge in [0.2, 0.25) is 6.23 Å². The Kier molecular flexibility index (Phi) is 4.72. The van der Waals surface area contributed by atoms with Crippen molar-refractivity contribution in [2.24, 2.45) is 0 Å². The number of thiazole rings is 1. The second-order valence-electron chi connectivity index (χ2n) is 7.08. The number of hydrogen-bond acceptors (Lipinski definition) is 4. The van der Waals surface area contributed by atoms with Crippen LogP contribution in [0.2, 0.25) is 0 Å². The number of benzene rings is 2. The number of aryl methyl sites for hydroxylation is 1. The molecule has 0 N–H and O–H groups in total. The van der Waals surface area contributed by atoms with E-state index < -0.39 is 0 Å². The van der Waals surface area contributed by atoms with Gasteiger partial charge in [0.25, 0.3) is 0 Å². The third-order valence-electron chi connectivity index (χ3n) is 5.23. The molecule has 0 aliphatic carbocycles. The SMILES string of the molecule is CCCc1ncc(C2Oc3cc(Br)cc(F)c3C3Cc4cc(Br)ccc4N32)s1. The highest BCUT2D eigenvalue weighted by Crippen LogP contribution is 2.53. The van der Waals surface area contributed by atoms with E-state index in [4.69, 9.17) is 4.74 Å². The molecule has 5 rings (SSSR count). The molecule has 3 nitrogen and oxygen atoms in total. The molecule has 0 spiro atoms. The molecule has 1 aromatic heterocycles. The summed E-state index contributed by atoms with van der Waals surface area (Å²) in [5, 5.41) is 1.11. The van der Waals surface area contributed by atoms with E-state index in [0.717, 1.165) is 39.3 Å². The molecule has 28 heavy (non-hydrogen) atoms. The normalized spacial score (nSPS) is 19.8. The molecular weight excluding hydrogens is 507 g/mol. The Bertz CT molecular complexity index is 1070. The van der Waals surface area contributed by atoms with E-state index in [-0.39, 0.29) is 18.1 Å². The number of aromatic nitrogens is 1. The van der Waals surface area contributed by atoms with E-state index in [1.54, 1.807) is 11.3 Å². The van der Waals surface area contributed by atoms with Gasteiger partial charge in [-0.05, 0) is 55.2 Å². The van der Waals surface area contributed by atoms with Crippen molar-refractivity contribution < 1.29 is 9.13 Å². The first-order chi connectivity index (χ1) is 13.5. The van der Waals surface area contributed by atoms with Gasteiger partial charge in [0, 0.05) is 20.8 Å². The van der Waals surface area contributed by atoms with Crippen LogP contribution in [0, 0.1) is 5.82 Å². The van der Waals surface area contributed by atoms with Crippen molar-refractivity contribution in [1.29, 1.82) is 0 Å². The minimum absolute atomic E-state index is 0.0946. The molecule has 0 fully saturated rings. The van der Waals surface area contributed by atoms with Crippen LogP contribution >= 0.6 is 43.2 Å². The van der Waals surface area contributed by atoms with Crippen molar-refractivity contribution >= 4 is 48.9 Å². The lowest BCUT2D eigenvalue weighted by Crippen LogP contribution is -2.37. The second-order valence-corrected chi connectivity index (χ2v) is 10.1. The largest absolute Gasteiger partial charge is 0.465 e. The molecule has 3 aromatic rings. The smallest absolute Gasteiger partial charge is 0.210 e. The molecule has 0 saturated heterocycles. The van der Waals surface area contributed by atoms with Gasteiger partial charge in [-0.3, -0.25) is 0 Å². The average molecular weight is 524 g/mol. The molecule has 2 aliphatic heterocycles. The summed E-state index contributed by atoms with van der Waals surface area (Å²) in [6.07, 6.45) is 4.37. The Morgan fingerprint density at radius 3 is 2.93 bits per heavy atom. The van der Waals surface area contributed by atoms with Gasteiger partial charge in [-0.1, -0.05) is 38.8 Å². The first kappa shape index (κ1) is 18.6. The minimum atomic E-state index is -0.309. The summed E-state index contributed by atoms with van der Waals surface area (Å²) in [4.78, 5) is 7.84. The number of nitrogens with zero attached hydrogens (tertiary/aromatic N) is 2. The highest BCUT2D eigenvalue weighted by molar-refractivity contribution is 9.10. The molecule has 2 aromatic carbocycles. The minimum Gasteiger partial charge on any atom is -0.465 e. The van der Waals surface area contributed by atoms with Crippen LogP contribution in [0.25, 0.3) is 0 Å². The Labute approximate surface area is 183 Å². The van der Waals surface area contributed by atoms with Crippen LogP contribution in [0.4, 0.5) is 10.1 Å². The summed E-state index contributed by atoms with van der Waals surface area (Å²) in [7, 11) is 0. The maximum Gasteiger partial charge on any atom is 0.210 e. The number of anilines is 1. The fourth-order valence-electron chi connectivity index (χ4n) is 4.10. The van der Waals surface area contributed by atoms with E-state index >= 15 is 0 Å².